The van der Waals surface area contributed by atoms with Crippen molar-refractivity contribution in [2.24, 2.45) is 0 Å². The molecule has 2 rings (SSSR count). The van der Waals surface area contributed by atoms with Gasteiger partial charge in [-0.25, -0.2) is 4.79 Å². The van der Waals surface area contributed by atoms with Crippen molar-refractivity contribution in [3.8, 4) is 0 Å². The van der Waals surface area contributed by atoms with Crippen molar-refractivity contribution in [1.82, 2.24) is 9.80 Å². The van der Waals surface area contributed by atoms with E-state index in [9.17, 15) is 4.79 Å². The topological polar surface area (TPSA) is 32.8 Å². The normalized spacial score (nSPS) is 20.0. The smallest absolute Gasteiger partial charge is 0.410 e. The molecule has 1 fully saturated rings. The van der Waals surface area contributed by atoms with E-state index in [1.165, 1.54) is 0 Å². The third-order valence-corrected chi connectivity index (χ3v) is 3.64. The first-order chi connectivity index (χ1) is 9.16. The maximum Gasteiger partial charge on any atom is 0.410 e. The van der Waals surface area contributed by atoms with Gasteiger partial charge in [0, 0.05) is 19.6 Å². The Morgan fingerprint density at radius 3 is 2.84 bits per heavy atom. The quantitative estimate of drug-likeness (QED) is 0.838. The molecule has 0 radical (unpaired) electrons. The van der Waals surface area contributed by atoms with E-state index in [0.29, 0.717) is 6.61 Å². The summed E-state index contributed by atoms with van der Waals surface area (Å²) in [4.78, 5) is 16.0. The third kappa shape index (κ3) is 3.96. The summed E-state index contributed by atoms with van der Waals surface area (Å²) in [6, 6.07) is 10.0. The summed E-state index contributed by atoms with van der Waals surface area (Å²) >= 11 is 0. The van der Waals surface area contributed by atoms with Crippen LogP contribution in [0.2, 0.25) is 0 Å². The molecule has 1 aromatic carbocycles. The van der Waals surface area contributed by atoms with E-state index in [1.54, 1.807) is 4.90 Å². The highest BCUT2D eigenvalue weighted by molar-refractivity contribution is 5.67. The molecule has 0 spiro atoms. The summed E-state index contributed by atoms with van der Waals surface area (Å²) in [5.74, 6) is 0. The molecule has 1 aliphatic rings. The first-order valence-corrected chi connectivity index (χ1v) is 6.79. The molecule has 0 N–H and O–H groups in total. The molecular formula is C15H22N2O2. The summed E-state index contributed by atoms with van der Waals surface area (Å²) in [6.45, 7) is 2.38. The fourth-order valence-corrected chi connectivity index (χ4v) is 2.43. The number of hydrogen-bond acceptors (Lipinski definition) is 3. The monoisotopic (exact) mass is 262 g/mol. The second-order valence-corrected chi connectivity index (χ2v) is 5.21. The Morgan fingerprint density at radius 2 is 2.16 bits per heavy atom. The van der Waals surface area contributed by atoms with Crippen LogP contribution in [0.3, 0.4) is 0 Å². The molecule has 104 valence electrons. The molecule has 0 bridgehead atoms. The van der Waals surface area contributed by atoms with Gasteiger partial charge in [0.05, 0.1) is 0 Å². The van der Waals surface area contributed by atoms with Crippen LogP contribution in [0, 0.1) is 0 Å². The zero-order valence-corrected chi connectivity index (χ0v) is 11.7. The van der Waals surface area contributed by atoms with Gasteiger partial charge in [0.15, 0.2) is 0 Å². The maximum atomic E-state index is 12.0. The number of rotatable bonds is 3. The van der Waals surface area contributed by atoms with Gasteiger partial charge in [-0.1, -0.05) is 30.3 Å². The Labute approximate surface area is 115 Å². The van der Waals surface area contributed by atoms with Crippen LogP contribution >= 0.6 is 0 Å². The molecule has 4 nitrogen and oxygen atoms in total. The number of nitrogens with zero attached hydrogens (tertiary/aromatic N) is 2. The highest BCUT2D eigenvalue weighted by atomic mass is 16.6. The van der Waals surface area contributed by atoms with Crippen LogP contribution in [0.4, 0.5) is 4.79 Å². The molecule has 1 aromatic rings. The summed E-state index contributed by atoms with van der Waals surface area (Å²) < 4.78 is 5.35. The Hall–Kier alpha value is -1.55. The molecule has 0 saturated carbocycles. The molecule has 1 unspecified atom stereocenters. The van der Waals surface area contributed by atoms with Crippen LogP contribution in [0.1, 0.15) is 18.4 Å². The number of piperidine rings is 1. The van der Waals surface area contributed by atoms with Crippen LogP contribution in [0.5, 0.6) is 0 Å². The van der Waals surface area contributed by atoms with Crippen LogP contribution in [-0.2, 0) is 11.3 Å². The number of amides is 1. The average Bonchev–Trinajstić information content (AvgIpc) is 2.45. The van der Waals surface area contributed by atoms with E-state index in [0.717, 1.165) is 31.5 Å². The van der Waals surface area contributed by atoms with Gasteiger partial charge < -0.3 is 14.5 Å². The lowest BCUT2D eigenvalue weighted by Crippen LogP contribution is -2.47. The molecule has 1 saturated heterocycles. The first-order valence-electron chi connectivity index (χ1n) is 6.79. The summed E-state index contributed by atoms with van der Waals surface area (Å²) in [5, 5.41) is 0. The van der Waals surface area contributed by atoms with E-state index in [2.05, 4.69) is 11.9 Å². The Kier molecular flexibility index (Phi) is 4.80. The fourth-order valence-electron chi connectivity index (χ4n) is 2.43. The lowest BCUT2D eigenvalue weighted by molar-refractivity contribution is 0.0729. The first kappa shape index (κ1) is 13.9. The van der Waals surface area contributed by atoms with Gasteiger partial charge in [-0.2, -0.15) is 0 Å². The predicted octanol–water partition coefficient (Wildman–Crippen LogP) is 2.35. The van der Waals surface area contributed by atoms with E-state index in [-0.39, 0.29) is 12.1 Å². The van der Waals surface area contributed by atoms with E-state index in [1.807, 2.05) is 37.4 Å². The number of benzene rings is 1. The molecule has 4 heteroatoms. The van der Waals surface area contributed by atoms with Crippen molar-refractivity contribution in [2.75, 3.05) is 27.2 Å². The zero-order chi connectivity index (χ0) is 13.7. The molecule has 19 heavy (non-hydrogen) atoms. The van der Waals surface area contributed by atoms with Gasteiger partial charge in [-0.15, -0.1) is 0 Å². The third-order valence-electron chi connectivity index (χ3n) is 3.64. The highest BCUT2D eigenvalue weighted by Crippen LogP contribution is 2.14. The molecule has 1 atom stereocenters. The standard InChI is InChI=1S/C15H22N2O2/c1-16-10-6-9-14(11-16)17(2)15(18)19-12-13-7-4-3-5-8-13/h3-5,7-8,14H,6,9-12H2,1-2H3. The Morgan fingerprint density at radius 1 is 1.42 bits per heavy atom. The summed E-state index contributed by atoms with van der Waals surface area (Å²) in [5.41, 5.74) is 1.02. The van der Waals surface area contributed by atoms with Gasteiger partial charge in [-0.05, 0) is 32.0 Å². The van der Waals surface area contributed by atoms with Crippen molar-refractivity contribution >= 4 is 6.09 Å². The van der Waals surface area contributed by atoms with Crippen molar-refractivity contribution in [2.45, 2.75) is 25.5 Å². The molecule has 0 aliphatic carbocycles. The number of carbonyl (C=O) groups is 1. The van der Waals surface area contributed by atoms with Gasteiger partial charge in [0.25, 0.3) is 0 Å². The van der Waals surface area contributed by atoms with Gasteiger partial charge >= 0.3 is 6.09 Å². The number of carbonyl (C=O) groups excluding carboxylic acids is 1. The van der Waals surface area contributed by atoms with Crippen LogP contribution in [-0.4, -0.2) is 49.1 Å². The van der Waals surface area contributed by atoms with Crippen LogP contribution in [0.15, 0.2) is 30.3 Å². The predicted molar refractivity (Wildman–Crippen MR) is 74.9 cm³/mol. The molecule has 1 amide bonds. The summed E-state index contributed by atoms with van der Waals surface area (Å²) in [7, 11) is 3.92. The van der Waals surface area contributed by atoms with Crippen molar-refractivity contribution in [1.29, 1.82) is 0 Å². The lowest BCUT2D eigenvalue weighted by atomic mass is 10.1. The fraction of sp³-hybridized carbons (Fsp3) is 0.533. The zero-order valence-electron chi connectivity index (χ0n) is 11.7. The molecule has 0 aromatic heterocycles. The molecular weight excluding hydrogens is 240 g/mol. The second kappa shape index (κ2) is 6.57. The minimum absolute atomic E-state index is 0.232. The molecule has 1 aliphatic heterocycles. The lowest BCUT2D eigenvalue weighted by Gasteiger charge is -2.35. The number of likely N-dealkylation sites (tertiary alicyclic amines) is 1. The van der Waals surface area contributed by atoms with E-state index >= 15 is 0 Å². The van der Waals surface area contributed by atoms with Gasteiger partial charge in [0.1, 0.15) is 6.61 Å². The summed E-state index contributed by atoms with van der Waals surface area (Å²) in [6.07, 6.45) is 1.96. The largest absolute Gasteiger partial charge is 0.445 e. The number of likely N-dealkylation sites (N-methyl/N-ethyl adjacent to an activating group) is 2. The van der Waals surface area contributed by atoms with E-state index in [4.69, 9.17) is 4.74 Å². The SMILES string of the molecule is CN1CCCC(N(C)C(=O)OCc2ccccc2)C1. The van der Waals surface area contributed by atoms with Gasteiger partial charge in [0.2, 0.25) is 0 Å². The number of hydrogen-bond donors (Lipinski definition) is 0. The van der Waals surface area contributed by atoms with E-state index < -0.39 is 0 Å². The van der Waals surface area contributed by atoms with Gasteiger partial charge in [-0.3, -0.25) is 0 Å². The van der Waals surface area contributed by atoms with Crippen molar-refractivity contribution in [3.05, 3.63) is 35.9 Å². The van der Waals surface area contributed by atoms with Crippen molar-refractivity contribution in [3.63, 3.8) is 0 Å². The second-order valence-electron chi connectivity index (χ2n) is 5.21. The average molecular weight is 262 g/mol. The highest BCUT2D eigenvalue weighted by Gasteiger charge is 2.25. The Bertz CT molecular complexity index is 408. The molecule has 1 heterocycles. The van der Waals surface area contributed by atoms with Crippen molar-refractivity contribution < 1.29 is 9.53 Å². The minimum atomic E-state index is -0.232. The number of ether oxygens (including phenoxy) is 1. The Balaban J connectivity index is 1.82. The van der Waals surface area contributed by atoms with Crippen LogP contribution in [0.25, 0.3) is 0 Å². The maximum absolute atomic E-state index is 12.0. The minimum Gasteiger partial charge on any atom is -0.445 e. The van der Waals surface area contributed by atoms with Crippen LogP contribution < -0.4 is 0 Å².